The van der Waals surface area contributed by atoms with Crippen LogP contribution >= 0.6 is 0 Å². The Morgan fingerprint density at radius 3 is 1.92 bits per heavy atom. The largest absolute Gasteiger partial charge is 0.326 e. The molecule has 0 unspecified atom stereocenters. The number of hydrogen-bond donors (Lipinski definition) is 3. The lowest BCUT2D eigenvalue weighted by Crippen LogP contribution is -1.94. The predicted molar refractivity (Wildman–Crippen MR) is 47.3 cm³/mol. The van der Waals surface area contributed by atoms with Gasteiger partial charge in [-0.1, -0.05) is 30.3 Å². The van der Waals surface area contributed by atoms with Gasteiger partial charge in [-0.15, -0.1) is 0 Å². The number of nitrogens with two attached hydrogens (primary N) is 1. The number of hydrogen-bond acceptors (Lipinski definition) is 3. The molecule has 0 spiro atoms. The molecule has 0 radical (unpaired) electrons. The van der Waals surface area contributed by atoms with Crippen LogP contribution in [0.15, 0.2) is 30.3 Å². The third-order valence-corrected chi connectivity index (χ3v) is 1.08. The fraction of sp³-hybridized carbons (Fsp3) is 0.143. The molecule has 0 atom stereocenters. The molecule has 0 bridgehead atoms. The minimum atomic E-state index is -3.12. The topological polar surface area (TPSA) is 80.4 Å². The highest BCUT2D eigenvalue weighted by molar-refractivity contribution is 7.66. The Labute approximate surface area is 72.8 Å². The van der Waals surface area contributed by atoms with E-state index in [1.54, 1.807) is 0 Å². The molecule has 0 fully saturated rings. The van der Waals surface area contributed by atoms with Crippen LogP contribution in [-0.4, -0.2) is 13.0 Å². The van der Waals surface area contributed by atoms with Gasteiger partial charge in [-0.3, -0.25) is 4.55 Å². The van der Waals surface area contributed by atoms with Crippen LogP contribution in [0.4, 0.5) is 0 Å². The van der Waals surface area contributed by atoms with E-state index in [1.807, 2.05) is 30.3 Å². The fourth-order valence-corrected chi connectivity index (χ4v) is 0.614. The van der Waals surface area contributed by atoms with Crippen molar-refractivity contribution in [2.75, 3.05) is 0 Å². The van der Waals surface area contributed by atoms with Gasteiger partial charge in [0.15, 0.2) is 0 Å². The quantitative estimate of drug-likeness (QED) is 0.436. The SMILES string of the molecule is NCc1ccccc1.O=[SH](=O)O. The van der Waals surface area contributed by atoms with E-state index in [0.717, 1.165) is 0 Å². The van der Waals surface area contributed by atoms with E-state index in [9.17, 15) is 0 Å². The van der Waals surface area contributed by atoms with Crippen molar-refractivity contribution in [2.24, 2.45) is 5.73 Å². The van der Waals surface area contributed by atoms with Crippen LogP contribution in [0.2, 0.25) is 0 Å². The first kappa shape index (κ1) is 11.1. The van der Waals surface area contributed by atoms with Crippen molar-refractivity contribution in [2.45, 2.75) is 6.54 Å². The smallest absolute Gasteiger partial charge is 0.254 e. The third-order valence-electron chi connectivity index (χ3n) is 1.08. The van der Waals surface area contributed by atoms with Gasteiger partial charge in [0, 0.05) is 6.54 Å². The van der Waals surface area contributed by atoms with Crippen LogP contribution in [0.5, 0.6) is 0 Å². The van der Waals surface area contributed by atoms with Gasteiger partial charge in [-0.05, 0) is 5.56 Å². The molecule has 0 amide bonds. The standard InChI is InChI=1S/C7H9N.H2O3S/c8-6-7-4-2-1-3-5-7;1-4(2)3/h1-5H,6,8H2;4H,(H,1,2,3). The maximum Gasteiger partial charge on any atom is 0.254 e. The van der Waals surface area contributed by atoms with Crippen LogP contribution < -0.4 is 5.73 Å². The highest BCUT2D eigenvalue weighted by Gasteiger charge is 1.80. The second-order valence-electron chi connectivity index (χ2n) is 1.93. The molecule has 0 aromatic heterocycles. The normalized spacial score (nSPS) is 8.92. The average Bonchev–Trinajstić information content (AvgIpc) is 2.05. The molecule has 68 valence electrons. The minimum Gasteiger partial charge on any atom is -0.326 e. The van der Waals surface area contributed by atoms with E-state index >= 15 is 0 Å². The number of benzene rings is 1. The van der Waals surface area contributed by atoms with Crippen LogP contribution in [0.3, 0.4) is 0 Å². The zero-order valence-electron chi connectivity index (χ0n) is 6.38. The van der Waals surface area contributed by atoms with Gasteiger partial charge >= 0.3 is 0 Å². The molecule has 0 aliphatic heterocycles. The van der Waals surface area contributed by atoms with Crippen molar-refractivity contribution < 1.29 is 13.0 Å². The molecule has 3 N–H and O–H groups in total. The molecule has 12 heavy (non-hydrogen) atoms. The molecule has 1 aromatic carbocycles. The Kier molecular flexibility index (Phi) is 6.26. The Balaban J connectivity index is 0.000000261. The summed E-state index contributed by atoms with van der Waals surface area (Å²) in [5.74, 6) is 0. The zero-order valence-corrected chi connectivity index (χ0v) is 7.28. The lowest BCUT2D eigenvalue weighted by Gasteiger charge is -1.90. The van der Waals surface area contributed by atoms with E-state index in [0.29, 0.717) is 6.54 Å². The minimum absolute atomic E-state index is 0.640. The molecule has 4 nitrogen and oxygen atoms in total. The predicted octanol–water partition coefficient (Wildman–Crippen LogP) is 0.216. The van der Waals surface area contributed by atoms with Gasteiger partial charge in [0.1, 0.15) is 0 Å². The van der Waals surface area contributed by atoms with Crippen LogP contribution in [0, 0.1) is 0 Å². The van der Waals surface area contributed by atoms with Gasteiger partial charge in [-0.2, -0.15) is 0 Å². The van der Waals surface area contributed by atoms with Crippen LogP contribution in [0.1, 0.15) is 5.56 Å². The second-order valence-corrected chi connectivity index (χ2v) is 2.40. The molecule has 0 saturated carbocycles. The molecule has 0 saturated heterocycles. The second kappa shape index (κ2) is 6.78. The summed E-state index contributed by atoms with van der Waals surface area (Å²) >= 11 is 0. The van der Waals surface area contributed by atoms with Crippen molar-refractivity contribution in [1.82, 2.24) is 0 Å². The van der Waals surface area contributed by atoms with Gasteiger partial charge in [-0.25, -0.2) is 8.42 Å². The van der Waals surface area contributed by atoms with Crippen molar-refractivity contribution in [1.29, 1.82) is 0 Å². The van der Waals surface area contributed by atoms with E-state index in [1.165, 1.54) is 5.56 Å². The summed E-state index contributed by atoms with van der Waals surface area (Å²) in [6.45, 7) is 0.640. The average molecular weight is 189 g/mol. The summed E-state index contributed by atoms with van der Waals surface area (Å²) in [6.07, 6.45) is 0. The lowest BCUT2D eigenvalue weighted by molar-refractivity contribution is 0.509. The lowest BCUT2D eigenvalue weighted by atomic mass is 10.2. The van der Waals surface area contributed by atoms with Crippen molar-refractivity contribution in [3.05, 3.63) is 35.9 Å². The summed E-state index contributed by atoms with van der Waals surface area (Å²) in [4.78, 5) is 0. The van der Waals surface area contributed by atoms with Gasteiger partial charge in [0.05, 0.1) is 0 Å². The molecule has 5 heteroatoms. The maximum absolute atomic E-state index is 8.59. The summed E-state index contributed by atoms with van der Waals surface area (Å²) in [5.41, 5.74) is 6.54. The summed E-state index contributed by atoms with van der Waals surface area (Å²) in [6, 6.07) is 9.99. The first-order valence-corrected chi connectivity index (χ1v) is 4.37. The zero-order chi connectivity index (χ0) is 9.40. The molecule has 1 rings (SSSR count). The molecule has 1 aromatic rings. The number of rotatable bonds is 1. The third kappa shape index (κ3) is 7.20. The van der Waals surface area contributed by atoms with Crippen LogP contribution in [0.25, 0.3) is 0 Å². The van der Waals surface area contributed by atoms with E-state index in [4.69, 9.17) is 18.7 Å². The Morgan fingerprint density at radius 1 is 1.25 bits per heavy atom. The Bertz CT molecular complexity index is 263. The number of thiol groups is 1. The van der Waals surface area contributed by atoms with Gasteiger partial charge in [0.2, 0.25) is 0 Å². The van der Waals surface area contributed by atoms with Crippen LogP contribution in [-0.2, 0) is 17.5 Å². The summed E-state index contributed by atoms with van der Waals surface area (Å²) in [5, 5.41) is 0. The van der Waals surface area contributed by atoms with Crippen molar-refractivity contribution in [3.8, 4) is 0 Å². The maximum atomic E-state index is 8.59. The molecular weight excluding hydrogens is 178 g/mol. The summed E-state index contributed by atoms with van der Waals surface area (Å²) in [7, 11) is -3.12. The van der Waals surface area contributed by atoms with E-state index in [-0.39, 0.29) is 0 Å². The first-order chi connectivity index (χ1) is 5.66. The Hall–Kier alpha value is -0.910. The molecule has 0 aliphatic rings. The van der Waals surface area contributed by atoms with Gasteiger partial charge in [0.25, 0.3) is 11.0 Å². The van der Waals surface area contributed by atoms with Gasteiger partial charge < -0.3 is 5.73 Å². The highest BCUT2D eigenvalue weighted by Crippen LogP contribution is 1.94. The highest BCUT2D eigenvalue weighted by atomic mass is 32.2. The monoisotopic (exact) mass is 189 g/mol. The van der Waals surface area contributed by atoms with E-state index < -0.39 is 11.0 Å². The van der Waals surface area contributed by atoms with E-state index in [2.05, 4.69) is 0 Å². The molecule has 0 aliphatic carbocycles. The van der Waals surface area contributed by atoms with Crippen molar-refractivity contribution >= 4 is 11.0 Å². The summed E-state index contributed by atoms with van der Waals surface area (Å²) < 4.78 is 24.2. The Morgan fingerprint density at radius 2 is 1.67 bits per heavy atom. The fourth-order valence-electron chi connectivity index (χ4n) is 0.614. The van der Waals surface area contributed by atoms with Crippen molar-refractivity contribution in [3.63, 3.8) is 0 Å². The first-order valence-electron chi connectivity index (χ1n) is 3.24. The molecule has 0 heterocycles. The molecular formula is C7H11NO3S.